The van der Waals surface area contributed by atoms with Gasteiger partial charge in [0.2, 0.25) is 0 Å². The predicted octanol–water partition coefficient (Wildman–Crippen LogP) is 0.405. The van der Waals surface area contributed by atoms with Gasteiger partial charge in [0, 0.05) is 13.1 Å². The van der Waals surface area contributed by atoms with Gasteiger partial charge in [-0.15, -0.1) is 0 Å². The van der Waals surface area contributed by atoms with Crippen molar-refractivity contribution in [3.63, 3.8) is 0 Å². The van der Waals surface area contributed by atoms with Crippen LogP contribution in [0.4, 0.5) is 0 Å². The lowest BCUT2D eigenvalue weighted by Gasteiger charge is -2.15. The molecule has 0 bridgehead atoms. The molecule has 0 spiro atoms. The quantitative estimate of drug-likeness (QED) is 0.561. The first-order chi connectivity index (χ1) is 5.27. The molecule has 3 nitrogen and oxygen atoms in total. The van der Waals surface area contributed by atoms with Crippen molar-refractivity contribution >= 4 is 6.72 Å². The van der Waals surface area contributed by atoms with Gasteiger partial charge >= 0.3 is 0 Å². The van der Waals surface area contributed by atoms with E-state index in [1.807, 2.05) is 19.2 Å². The Morgan fingerprint density at radius 1 is 1.82 bits per heavy atom. The zero-order chi connectivity index (χ0) is 8.27. The topological polar surface area (TPSA) is 50.4 Å². The third-order valence-electron chi connectivity index (χ3n) is 1.68. The molecule has 3 heteroatoms. The van der Waals surface area contributed by atoms with Gasteiger partial charge in [-0.05, 0) is 19.2 Å². The molecular weight excluding hydrogens is 138 g/mol. The normalized spacial score (nSPS) is 23.6. The second-order valence-electron chi connectivity index (χ2n) is 2.48. The molecule has 0 aromatic heterocycles. The number of nitrogens with two attached hydrogens (primary N) is 1. The SMILES string of the molecule is C=NC1=CC(N)CC=C1NC. The lowest BCUT2D eigenvalue weighted by molar-refractivity contribution is 0.785. The number of aliphatic imine (C=N–C) groups is 1. The van der Waals surface area contributed by atoms with Crippen LogP contribution in [0.25, 0.3) is 0 Å². The fourth-order valence-electron chi connectivity index (χ4n) is 1.09. The van der Waals surface area contributed by atoms with Crippen LogP contribution in [-0.2, 0) is 0 Å². The highest BCUT2D eigenvalue weighted by Crippen LogP contribution is 2.15. The molecule has 0 amide bonds. The van der Waals surface area contributed by atoms with Gasteiger partial charge in [0.05, 0.1) is 11.4 Å². The van der Waals surface area contributed by atoms with Gasteiger partial charge in [0.25, 0.3) is 0 Å². The number of hydrogen-bond acceptors (Lipinski definition) is 3. The van der Waals surface area contributed by atoms with E-state index in [4.69, 9.17) is 5.73 Å². The number of hydrogen-bond donors (Lipinski definition) is 2. The summed E-state index contributed by atoms with van der Waals surface area (Å²) < 4.78 is 0. The monoisotopic (exact) mass is 151 g/mol. The van der Waals surface area contributed by atoms with Crippen molar-refractivity contribution in [1.82, 2.24) is 5.32 Å². The van der Waals surface area contributed by atoms with E-state index in [0.29, 0.717) is 0 Å². The van der Waals surface area contributed by atoms with E-state index in [0.717, 1.165) is 17.8 Å². The van der Waals surface area contributed by atoms with Gasteiger partial charge in [-0.3, -0.25) is 4.99 Å². The first-order valence-electron chi connectivity index (χ1n) is 3.60. The van der Waals surface area contributed by atoms with Gasteiger partial charge in [-0.25, -0.2) is 0 Å². The zero-order valence-electron chi connectivity index (χ0n) is 6.67. The van der Waals surface area contributed by atoms with Crippen LogP contribution in [0, 0.1) is 0 Å². The third kappa shape index (κ3) is 1.68. The van der Waals surface area contributed by atoms with Crippen LogP contribution in [0.5, 0.6) is 0 Å². The molecule has 1 unspecified atom stereocenters. The van der Waals surface area contributed by atoms with Crippen molar-refractivity contribution in [3.8, 4) is 0 Å². The van der Waals surface area contributed by atoms with Crippen molar-refractivity contribution in [1.29, 1.82) is 0 Å². The molecule has 0 heterocycles. The summed E-state index contributed by atoms with van der Waals surface area (Å²) in [6.07, 6.45) is 4.82. The van der Waals surface area contributed by atoms with Crippen molar-refractivity contribution in [2.75, 3.05) is 7.05 Å². The first-order valence-corrected chi connectivity index (χ1v) is 3.60. The Labute approximate surface area is 66.7 Å². The maximum Gasteiger partial charge on any atom is 0.0826 e. The maximum absolute atomic E-state index is 5.68. The summed E-state index contributed by atoms with van der Waals surface area (Å²) in [4.78, 5) is 3.85. The maximum atomic E-state index is 5.68. The smallest absolute Gasteiger partial charge is 0.0826 e. The average molecular weight is 151 g/mol. The minimum atomic E-state index is 0.0904. The van der Waals surface area contributed by atoms with E-state index >= 15 is 0 Å². The van der Waals surface area contributed by atoms with E-state index in [-0.39, 0.29) is 6.04 Å². The molecule has 3 N–H and O–H groups in total. The Hall–Kier alpha value is -1.09. The molecule has 0 radical (unpaired) electrons. The number of rotatable bonds is 2. The summed E-state index contributed by atoms with van der Waals surface area (Å²) in [7, 11) is 1.86. The molecule has 60 valence electrons. The van der Waals surface area contributed by atoms with Gasteiger partial charge < -0.3 is 11.1 Å². The molecule has 0 fully saturated rings. The van der Waals surface area contributed by atoms with Gasteiger partial charge in [0.1, 0.15) is 0 Å². The van der Waals surface area contributed by atoms with Crippen molar-refractivity contribution in [3.05, 3.63) is 23.5 Å². The van der Waals surface area contributed by atoms with Crippen molar-refractivity contribution in [2.45, 2.75) is 12.5 Å². The van der Waals surface area contributed by atoms with Gasteiger partial charge in [-0.1, -0.05) is 6.08 Å². The lowest BCUT2D eigenvalue weighted by atomic mass is 10.1. The average Bonchev–Trinajstić information content (AvgIpc) is 2.04. The lowest BCUT2D eigenvalue weighted by Crippen LogP contribution is -2.22. The predicted molar refractivity (Wildman–Crippen MR) is 47.4 cm³/mol. The van der Waals surface area contributed by atoms with E-state index in [9.17, 15) is 0 Å². The molecule has 0 saturated carbocycles. The van der Waals surface area contributed by atoms with E-state index < -0.39 is 0 Å². The second kappa shape index (κ2) is 3.34. The van der Waals surface area contributed by atoms with E-state index in [1.54, 1.807) is 0 Å². The molecule has 0 aromatic rings. The van der Waals surface area contributed by atoms with Crippen LogP contribution in [-0.4, -0.2) is 19.8 Å². The largest absolute Gasteiger partial charge is 0.387 e. The molecule has 1 aliphatic carbocycles. The molecule has 11 heavy (non-hydrogen) atoms. The highest BCUT2D eigenvalue weighted by atomic mass is 14.9. The fourth-order valence-corrected chi connectivity index (χ4v) is 1.09. The van der Waals surface area contributed by atoms with Crippen LogP contribution in [0.3, 0.4) is 0 Å². The molecular formula is C8H13N3. The summed E-state index contributed by atoms with van der Waals surface area (Å²) in [5.74, 6) is 0. The summed E-state index contributed by atoms with van der Waals surface area (Å²) in [5, 5.41) is 3.03. The molecule has 0 aromatic carbocycles. The highest BCUT2D eigenvalue weighted by Gasteiger charge is 2.09. The van der Waals surface area contributed by atoms with Gasteiger partial charge in [-0.2, -0.15) is 0 Å². The Balaban J connectivity index is 2.82. The summed E-state index contributed by atoms with van der Waals surface area (Å²) in [6, 6.07) is 0.0904. The number of nitrogens with zero attached hydrogens (tertiary/aromatic N) is 1. The summed E-state index contributed by atoms with van der Waals surface area (Å²) in [6.45, 7) is 3.46. The minimum Gasteiger partial charge on any atom is -0.387 e. The molecule has 0 aliphatic heterocycles. The molecule has 1 atom stereocenters. The van der Waals surface area contributed by atoms with Crippen molar-refractivity contribution in [2.24, 2.45) is 10.7 Å². The fraction of sp³-hybridized carbons (Fsp3) is 0.375. The molecule has 1 rings (SSSR count). The standard InChI is InChI=1S/C8H13N3/c1-10-7-4-3-6(9)5-8(7)11-2/h4-6,10H,2-3,9H2,1H3. The molecule has 0 saturated heterocycles. The molecule has 1 aliphatic rings. The van der Waals surface area contributed by atoms with Crippen LogP contribution in [0.1, 0.15) is 6.42 Å². The Morgan fingerprint density at radius 2 is 2.55 bits per heavy atom. The van der Waals surface area contributed by atoms with Crippen molar-refractivity contribution < 1.29 is 0 Å². The Kier molecular flexibility index (Phi) is 2.44. The Morgan fingerprint density at radius 3 is 3.09 bits per heavy atom. The second-order valence-corrected chi connectivity index (χ2v) is 2.48. The Bertz CT molecular complexity index is 215. The van der Waals surface area contributed by atoms with Gasteiger partial charge in [0.15, 0.2) is 0 Å². The number of nitrogens with one attached hydrogen (secondary N) is 1. The first kappa shape index (κ1) is 8.01. The highest BCUT2D eigenvalue weighted by molar-refractivity contribution is 5.40. The van der Waals surface area contributed by atoms with Crippen LogP contribution < -0.4 is 11.1 Å². The summed E-state index contributed by atoms with van der Waals surface area (Å²) >= 11 is 0. The zero-order valence-corrected chi connectivity index (χ0v) is 6.67. The summed E-state index contributed by atoms with van der Waals surface area (Å²) in [5.41, 5.74) is 7.55. The van der Waals surface area contributed by atoms with Crippen LogP contribution in [0.15, 0.2) is 28.5 Å². The van der Waals surface area contributed by atoms with Crippen LogP contribution >= 0.6 is 0 Å². The third-order valence-corrected chi connectivity index (χ3v) is 1.68. The van der Waals surface area contributed by atoms with E-state index in [1.165, 1.54) is 0 Å². The number of likely N-dealkylation sites (N-methyl/N-ethyl adjacent to an activating group) is 1. The minimum absolute atomic E-state index is 0.0904. The van der Waals surface area contributed by atoms with E-state index in [2.05, 4.69) is 17.0 Å². The van der Waals surface area contributed by atoms with Crippen LogP contribution in [0.2, 0.25) is 0 Å².